The molecule has 0 aromatic heterocycles. The van der Waals surface area contributed by atoms with E-state index < -0.39 is 0 Å². The Hall–Kier alpha value is -1.38. The van der Waals surface area contributed by atoms with Crippen LogP contribution in [0.3, 0.4) is 0 Å². The van der Waals surface area contributed by atoms with Crippen LogP contribution < -0.4 is 5.11 Å². The molecular weight excluding hydrogens is 296 g/mol. The van der Waals surface area contributed by atoms with E-state index in [1.54, 1.807) is 12.4 Å². The van der Waals surface area contributed by atoms with Gasteiger partial charge in [0.25, 0.3) is 0 Å². The van der Waals surface area contributed by atoms with Crippen LogP contribution in [-0.4, -0.2) is 12.4 Å². The van der Waals surface area contributed by atoms with Crippen molar-refractivity contribution < 1.29 is 5.11 Å². The predicted molar refractivity (Wildman–Crippen MR) is 103 cm³/mol. The van der Waals surface area contributed by atoms with Gasteiger partial charge in [0, 0.05) is 12.4 Å². The zero-order valence-corrected chi connectivity index (χ0v) is 15.5. The Morgan fingerprint density at radius 1 is 0.792 bits per heavy atom. The number of hydrogen-bond acceptors (Lipinski definition) is 3. The second-order valence-electron chi connectivity index (χ2n) is 6.64. The maximum atomic E-state index is 11.7. The quantitative estimate of drug-likeness (QED) is 0.215. The molecular formula is C21H35N2O-. The van der Waals surface area contributed by atoms with Crippen LogP contribution in [0.15, 0.2) is 33.7 Å². The Bertz CT molecular complexity index is 408. The lowest BCUT2D eigenvalue weighted by atomic mass is 10.1. The van der Waals surface area contributed by atoms with Crippen molar-refractivity contribution >= 4 is 12.4 Å². The first-order chi connectivity index (χ1) is 11.8. The van der Waals surface area contributed by atoms with Gasteiger partial charge in [0.15, 0.2) is 0 Å². The molecule has 0 saturated carbocycles. The van der Waals surface area contributed by atoms with Gasteiger partial charge in [-0.25, -0.2) is 9.98 Å². The predicted octanol–water partition coefficient (Wildman–Crippen LogP) is 5.71. The molecule has 136 valence electrons. The molecule has 1 heterocycles. The smallest absolute Gasteiger partial charge is 0.140 e. The van der Waals surface area contributed by atoms with Crippen molar-refractivity contribution in [1.82, 2.24) is 0 Å². The molecule has 1 aliphatic rings. The van der Waals surface area contributed by atoms with Crippen LogP contribution >= 0.6 is 0 Å². The summed E-state index contributed by atoms with van der Waals surface area (Å²) in [4.78, 5) is 7.87. The summed E-state index contributed by atoms with van der Waals surface area (Å²) in [5.41, 5.74) is 0. The second-order valence-corrected chi connectivity index (χ2v) is 6.64. The molecule has 24 heavy (non-hydrogen) atoms. The van der Waals surface area contributed by atoms with Gasteiger partial charge in [-0.15, -0.1) is 0 Å². The van der Waals surface area contributed by atoms with E-state index in [1.807, 2.05) is 0 Å². The Morgan fingerprint density at radius 2 is 1.29 bits per heavy atom. The molecule has 0 aromatic rings. The monoisotopic (exact) mass is 331 g/mol. The van der Waals surface area contributed by atoms with E-state index in [0.29, 0.717) is 12.2 Å². The molecule has 0 aliphatic carbocycles. The Labute approximate surface area is 148 Å². The van der Waals surface area contributed by atoms with Crippen molar-refractivity contribution in [2.75, 3.05) is 0 Å². The van der Waals surface area contributed by atoms with Gasteiger partial charge < -0.3 is 5.11 Å². The van der Waals surface area contributed by atoms with E-state index in [9.17, 15) is 5.11 Å². The summed E-state index contributed by atoms with van der Waals surface area (Å²) in [6.45, 7) is 2.27. The van der Waals surface area contributed by atoms with Crippen molar-refractivity contribution in [2.24, 2.45) is 9.98 Å². The van der Waals surface area contributed by atoms with E-state index in [4.69, 9.17) is 0 Å². The van der Waals surface area contributed by atoms with Crippen molar-refractivity contribution in [3.05, 3.63) is 23.7 Å². The summed E-state index contributed by atoms with van der Waals surface area (Å²) in [6.07, 6.45) is 25.0. The summed E-state index contributed by atoms with van der Waals surface area (Å²) < 4.78 is 0. The zero-order valence-electron chi connectivity index (χ0n) is 15.5. The highest BCUT2D eigenvalue weighted by molar-refractivity contribution is 6.18. The van der Waals surface area contributed by atoms with Gasteiger partial charge in [-0.3, -0.25) is 0 Å². The molecule has 0 unspecified atom stereocenters. The largest absolute Gasteiger partial charge is 0.873 e. The summed E-state index contributed by atoms with van der Waals surface area (Å²) in [7, 11) is 0. The minimum atomic E-state index is 0.0811. The van der Waals surface area contributed by atoms with Crippen LogP contribution in [0.2, 0.25) is 0 Å². The molecule has 3 nitrogen and oxygen atoms in total. The van der Waals surface area contributed by atoms with Gasteiger partial charge in [0.2, 0.25) is 0 Å². The van der Waals surface area contributed by atoms with Gasteiger partial charge in [0.1, 0.15) is 5.82 Å². The van der Waals surface area contributed by atoms with Crippen molar-refractivity contribution in [3.63, 3.8) is 0 Å². The number of unbranched alkanes of at least 4 members (excludes halogenated alkanes) is 11. The van der Waals surface area contributed by atoms with E-state index in [1.165, 1.54) is 70.6 Å². The highest BCUT2D eigenvalue weighted by Crippen LogP contribution is 2.14. The minimum Gasteiger partial charge on any atom is -0.873 e. The van der Waals surface area contributed by atoms with Gasteiger partial charge in [-0.05, 0) is 32.1 Å². The number of hydrogen-bond donors (Lipinski definition) is 0. The van der Waals surface area contributed by atoms with Gasteiger partial charge in [0.05, 0.1) is 0 Å². The lowest BCUT2D eigenvalue weighted by molar-refractivity contribution is -0.308. The van der Waals surface area contributed by atoms with Crippen molar-refractivity contribution in [3.8, 4) is 0 Å². The summed E-state index contributed by atoms with van der Waals surface area (Å²) in [6, 6.07) is 0. The normalized spacial score (nSPS) is 13.5. The molecule has 0 atom stereocenters. The molecule has 0 aromatic carbocycles. The molecule has 0 radical (unpaired) electrons. The maximum Gasteiger partial charge on any atom is 0.140 e. The highest BCUT2D eigenvalue weighted by atomic mass is 16.3. The lowest BCUT2D eigenvalue weighted by Crippen LogP contribution is -2.05. The standard InChI is InChI=1S/C21H36N2O/c1-2-3-4-5-6-7-8-9-10-11-12-13-14-15-16-17-20(24)21-22-18-19-23-21/h9-10,18-19,24H,2-8,11-17H2,1H3/p-1. The van der Waals surface area contributed by atoms with E-state index in [-0.39, 0.29) is 5.76 Å². The van der Waals surface area contributed by atoms with E-state index in [2.05, 4.69) is 29.1 Å². The number of allylic oxidation sites excluding steroid dienone is 3. The van der Waals surface area contributed by atoms with Crippen LogP contribution in [0.4, 0.5) is 0 Å². The average molecular weight is 332 g/mol. The highest BCUT2D eigenvalue weighted by Gasteiger charge is 1.97. The summed E-state index contributed by atoms with van der Waals surface area (Å²) in [5.74, 6) is 0.461. The SMILES string of the molecule is CCCCCCCCC=CCCCCCCCC([O-])=C1N=CC=N1. The third-order valence-electron chi connectivity index (χ3n) is 4.38. The van der Waals surface area contributed by atoms with Gasteiger partial charge in [-0.1, -0.05) is 82.6 Å². The van der Waals surface area contributed by atoms with E-state index >= 15 is 0 Å². The fraction of sp³-hybridized carbons (Fsp3) is 0.714. The fourth-order valence-corrected chi connectivity index (χ4v) is 2.85. The summed E-state index contributed by atoms with van der Waals surface area (Å²) in [5, 5.41) is 11.7. The molecule has 0 amide bonds. The first-order valence-electron chi connectivity index (χ1n) is 9.96. The average Bonchev–Trinajstić information content (AvgIpc) is 3.13. The summed E-state index contributed by atoms with van der Waals surface area (Å²) >= 11 is 0. The van der Waals surface area contributed by atoms with E-state index in [0.717, 1.165) is 12.8 Å². The second kappa shape index (κ2) is 15.2. The first kappa shape index (κ1) is 20.7. The van der Waals surface area contributed by atoms with Gasteiger partial charge >= 0.3 is 0 Å². The Kier molecular flexibility index (Phi) is 13.1. The molecule has 1 aliphatic heterocycles. The van der Waals surface area contributed by atoms with Crippen LogP contribution in [0.1, 0.15) is 96.8 Å². The van der Waals surface area contributed by atoms with Crippen LogP contribution in [0.25, 0.3) is 0 Å². The topological polar surface area (TPSA) is 47.8 Å². The third-order valence-corrected chi connectivity index (χ3v) is 4.38. The van der Waals surface area contributed by atoms with Gasteiger partial charge in [-0.2, -0.15) is 0 Å². The number of nitrogens with zero attached hydrogens (tertiary/aromatic N) is 2. The van der Waals surface area contributed by atoms with Crippen molar-refractivity contribution in [1.29, 1.82) is 0 Å². The molecule has 0 saturated heterocycles. The molecule has 1 rings (SSSR count). The van der Waals surface area contributed by atoms with Crippen LogP contribution in [-0.2, 0) is 0 Å². The van der Waals surface area contributed by atoms with Crippen LogP contribution in [0.5, 0.6) is 0 Å². The molecule has 0 N–H and O–H groups in total. The number of aliphatic imine (C=N–C) groups is 2. The fourth-order valence-electron chi connectivity index (χ4n) is 2.85. The Morgan fingerprint density at radius 3 is 1.88 bits per heavy atom. The van der Waals surface area contributed by atoms with Crippen LogP contribution in [0, 0.1) is 0 Å². The Balaban J connectivity index is 1.82. The minimum absolute atomic E-state index is 0.0811. The molecule has 3 heteroatoms. The molecule has 0 bridgehead atoms. The molecule has 0 fully saturated rings. The third kappa shape index (κ3) is 11.2. The maximum absolute atomic E-state index is 11.7. The van der Waals surface area contributed by atoms with Crippen molar-refractivity contribution in [2.45, 2.75) is 96.8 Å². The lowest BCUT2D eigenvalue weighted by Gasteiger charge is -2.11. The zero-order chi connectivity index (χ0) is 17.3. The molecule has 0 spiro atoms. The first-order valence-corrected chi connectivity index (χ1v) is 9.96. The number of rotatable bonds is 15.